The van der Waals surface area contributed by atoms with Crippen LogP contribution >= 0.6 is 12.6 Å². The second-order valence-electron chi connectivity index (χ2n) is 6.42. The highest BCUT2D eigenvalue weighted by molar-refractivity contribution is 7.80. The van der Waals surface area contributed by atoms with Crippen LogP contribution in [0.2, 0.25) is 0 Å². The van der Waals surface area contributed by atoms with Crippen LogP contribution in [0.3, 0.4) is 0 Å². The Balaban J connectivity index is 5.02. The summed E-state index contributed by atoms with van der Waals surface area (Å²) in [5, 5.41) is 24.5. The van der Waals surface area contributed by atoms with Gasteiger partial charge in [0.25, 0.3) is 0 Å². The van der Waals surface area contributed by atoms with Gasteiger partial charge in [0, 0.05) is 18.6 Å². The normalized spacial score (nSPS) is 14.5. The molecule has 13 nitrogen and oxygen atoms in total. The van der Waals surface area contributed by atoms with Gasteiger partial charge >= 0.3 is 11.9 Å². The summed E-state index contributed by atoms with van der Waals surface area (Å²) in [6.07, 6.45) is -0.942. The molecule has 4 amide bonds. The average Bonchev–Trinajstić information content (AvgIpc) is 2.66. The van der Waals surface area contributed by atoms with Crippen molar-refractivity contribution in [2.24, 2.45) is 11.5 Å². The maximum Gasteiger partial charge on any atom is 0.327 e. The molecule has 0 aromatic rings. The fourth-order valence-electron chi connectivity index (χ4n) is 2.11. The van der Waals surface area contributed by atoms with E-state index in [2.05, 4.69) is 28.6 Å². The van der Waals surface area contributed by atoms with E-state index in [-0.39, 0.29) is 25.0 Å². The average molecular weight is 449 g/mol. The van der Waals surface area contributed by atoms with Crippen molar-refractivity contribution in [3.05, 3.63) is 0 Å². The van der Waals surface area contributed by atoms with Crippen LogP contribution < -0.4 is 27.4 Å². The van der Waals surface area contributed by atoms with Crippen LogP contribution in [0.15, 0.2) is 0 Å². The summed E-state index contributed by atoms with van der Waals surface area (Å²) < 4.78 is 0. The van der Waals surface area contributed by atoms with Crippen molar-refractivity contribution in [3.8, 4) is 0 Å². The monoisotopic (exact) mass is 449 g/mol. The first-order chi connectivity index (χ1) is 13.9. The van der Waals surface area contributed by atoms with Gasteiger partial charge in [0.15, 0.2) is 0 Å². The van der Waals surface area contributed by atoms with E-state index < -0.39 is 66.2 Å². The van der Waals surface area contributed by atoms with Gasteiger partial charge in [-0.2, -0.15) is 12.6 Å². The second-order valence-corrected chi connectivity index (χ2v) is 6.78. The van der Waals surface area contributed by atoms with E-state index >= 15 is 0 Å². The van der Waals surface area contributed by atoms with Crippen LogP contribution in [0.4, 0.5) is 0 Å². The van der Waals surface area contributed by atoms with Gasteiger partial charge in [-0.1, -0.05) is 0 Å². The Kier molecular flexibility index (Phi) is 12.1. The maximum absolute atomic E-state index is 12.3. The fourth-order valence-corrected chi connectivity index (χ4v) is 2.35. The van der Waals surface area contributed by atoms with Crippen molar-refractivity contribution >= 4 is 48.2 Å². The summed E-state index contributed by atoms with van der Waals surface area (Å²) in [4.78, 5) is 69.2. The van der Waals surface area contributed by atoms with Gasteiger partial charge in [-0.3, -0.25) is 24.0 Å². The van der Waals surface area contributed by atoms with Crippen LogP contribution in [-0.2, 0) is 28.8 Å². The molecule has 0 spiro atoms. The third-order valence-corrected chi connectivity index (χ3v) is 4.23. The number of hydrogen-bond donors (Lipinski definition) is 8. The lowest BCUT2D eigenvalue weighted by molar-refractivity contribution is -0.142. The number of carboxylic acid groups (broad SMARTS) is 2. The third kappa shape index (κ3) is 10.6. The van der Waals surface area contributed by atoms with Crippen molar-refractivity contribution in [2.45, 2.75) is 56.8 Å². The molecule has 0 aliphatic rings. The Morgan fingerprint density at radius 2 is 1.43 bits per heavy atom. The van der Waals surface area contributed by atoms with Crippen LogP contribution in [0.5, 0.6) is 0 Å². The first kappa shape index (κ1) is 27.1. The van der Waals surface area contributed by atoms with Crippen molar-refractivity contribution in [1.82, 2.24) is 16.0 Å². The molecule has 0 fully saturated rings. The second kappa shape index (κ2) is 13.4. The Hall–Kier alpha value is -2.87. The van der Waals surface area contributed by atoms with Gasteiger partial charge in [0.2, 0.25) is 23.6 Å². The zero-order valence-corrected chi connectivity index (χ0v) is 17.2. The lowest BCUT2D eigenvalue weighted by atomic mass is 10.1. The standard InChI is InChI=1S/C16H27N5O8S/c1-7(19-14(26)8(17)2-4-11(18)22)13(25)20-9(3-5-12(23)24)15(27)21-10(6-30)16(28)29/h7-10,30H,2-6,17H2,1H3,(H2,18,22)(H,19,26)(H,20,25)(H,21,27)(H,23,24)(H,28,29). The minimum atomic E-state index is -1.36. The van der Waals surface area contributed by atoms with Gasteiger partial charge in [-0.25, -0.2) is 4.79 Å². The SMILES string of the molecule is CC(NC(=O)C(N)CCC(N)=O)C(=O)NC(CCC(=O)O)C(=O)NC(CS)C(=O)O. The molecule has 0 aromatic carbocycles. The maximum atomic E-state index is 12.3. The highest BCUT2D eigenvalue weighted by atomic mass is 32.1. The molecule has 4 unspecified atom stereocenters. The summed E-state index contributed by atoms with van der Waals surface area (Å²) >= 11 is 3.81. The van der Waals surface area contributed by atoms with Crippen molar-refractivity contribution < 1.29 is 39.0 Å². The molecule has 170 valence electrons. The van der Waals surface area contributed by atoms with Crippen LogP contribution in [-0.4, -0.2) is 75.7 Å². The van der Waals surface area contributed by atoms with Gasteiger partial charge in [0.1, 0.15) is 18.1 Å². The number of primary amides is 1. The highest BCUT2D eigenvalue weighted by Crippen LogP contribution is 2.02. The van der Waals surface area contributed by atoms with Crippen LogP contribution in [0.25, 0.3) is 0 Å². The zero-order valence-electron chi connectivity index (χ0n) is 16.3. The lowest BCUT2D eigenvalue weighted by Gasteiger charge is -2.23. The topological polar surface area (TPSA) is 231 Å². The number of carboxylic acids is 2. The van der Waals surface area contributed by atoms with E-state index in [1.54, 1.807) is 0 Å². The first-order valence-electron chi connectivity index (χ1n) is 8.89. The largest absolute Gasteiger partial charge is 0.481 e. The van der Waals surface area contributed by atoms with Crippen LogP contribution in [0.1, 0.15) is 32.6 Å². The molecular weight excluding hydrogens is 422 g/mol. The van der Waals surface area contributed by atoms with E-state index in [0.29, 0.717) is 0 Å². The molecule has 0 saturated carbocycles. The molecule has 0 rings (SSSR count). The number of carbonyl (C=O) groups excluding carboxylic acids is 4. The van der Waals surface area contributed by atoms with E-state index in [1.807, 2.05) is 0 Å². The van der Waals surface area contributed by atoms with E-state index in [0.717, 1.165) is 0 Å². The van der Waals surface area contributed by atoms with Crippen LogP contribution in [0, 0.1) is 0 Å². The number of rotatable bonds is 14. The van der Waals surface area contributed by atoms with Crippen molar-refractivity contribution in [2.75, 3.05) is 5.75 Å². The Labute approximate surface area is 177 Å². The smallest absolute Gasteiger partial charge is 0.327 e. The molecule has 9 N–H and O–H groups in total. The van der Waals surface area contributed by atoms with Crippen molar-refractivity contribution in [3.63, 3.8) is 0 Å². The minimum absolute atomic E-state index is 0.0283. The number of amides is 4. The fraction of sp³-hybridized carbons (Fsp3) is 0.625. The predicted octanol–water partition coefficient (Wildman–Crippen LogP) is -3.07. The number of thiol groups is 1. The van der Waals surface area contributed by atoms with Gasteiger partial charge in [-0.05, 0) is 19.8 Å². The molecule has 0 radical (unpaired) electrons. The molecule has 0 aliphatic heterocycles. The predicted molar refractivity (Wildman–Crippen MR) is 106 cm³/mol. The molecule has 0 heterocycles. The summed E-state index contributed by atoms with van der Waals surface area (Å²) in [5.74, 6) is -5.92. The Morgan fingerprint density at radius 3 is 1.90 bits per heavy atom. The highest BCUT2D eigenvalue weighted by Gasteiger charge is 2.28. The van der Waals surface area contributed by atoms with E-state index in [1.165, 1.54) is 6.92 Å². The Bertz CT molecular complexity index is 674. The molecule has 14 heteroatoms. The Morgan fingerprint density at radius 1 is 0.867 bits per heavy atom. The third-order valence-electron chi connectivity index (χ3n) is 3.87. The number of aliphatic carboxylic acids is 2. The molecular formula is C16H27N5O8S. The minimum Gasteiger partial charge on any atom is -0.481 e. The van der Waals surface area contributed by atoms with E-state index in [9.17, 15) is 28.8 Å². The number of hydrogen-bond acceptors (Lipinski definition) is 8. The van der Waals surface area contributed by atoms with Gasteiger partial charge in [0.05, 0.1) is 6.04 Å². The number of nitrogens with two attached hydrogens (primary N) is 2. The molecule has 0 saturated heterocycles. The van der Waals surface area contributed by atoms with Crippen molar-refractivity contribution in [1.29, 1.82) is 0 Å². The summed E-state index contributed by atoms with van der Waals surface area (Å²) in [6.45, 7) is 1.30. The van der Waals surface area contributed by atoms with Gasteiger partial charge < -0.3 is 37.6 Å². The number of carbonyl (C=O) groups is 6. The number of nitrogens with one attached hydrogen (secondary N) is 3. The molecule has 4 atom stereocenters. The summed E-state index contributed by atoms with van der Waals surface area (Å²) in [5.41, 5.74) is 10.6. The molecule has 0 aromatic heterocycles. The lowest BCUT2D eigenvalue weighted by Crippen LogP contribution is -2.56. The first-order valence-corrected chi connectivity index (χ1v) is 9.52. The van der Waals surface area contributed by atoms with E-state index in [4.69, 9.17) is 21.7 Å². The molecule has 30 heavy (non-hydrogen) atoms. The molecule has 0 aliphatic carbocycles. The quantitative estimate of drug-likeness (QED) is 0.126. The summed E-state index contributed by atoms with van der Waals surface area (Å²) in [7, 11) is 0. The summed E-state index contributed by atoms with van der Waals surface area (Å²) in [6, 6.07) is -4.95. The molecule has 0 bridgehead atoms. The van der Waals surface area contributed by atoms with Gasteiger partial charge in [-0.15, -0.1) is 0 Å². The zero-order chi connectivity index (χ0) is 23.4.